The Balaban J connectivity index is 1.50. The van der Waals surface area contributed by atoms with Crippen LogP contribution in [0.15, 0.2) is 12.3 Å². The van der Waals surface area contributed by atoms with E-state index in [1.165, 1.54) is 25.7 Å². The monoisotopic (exact) mass is 299 g/mol. The highest BCUT2D eigenvalue weighted by atomic mass is 16.2. The highest BCUT2D eigenvalue weighted by Crippen LogP contribution is 2.49. The Kier molecular flexibility index (Phi) is 3.13. The van der Waals surface area contributed by atoms with E-state index < -0.39 is 0 Å². The molecule has 0 aliphatic heterocycles. The molecule has 0 radical (unpaired) electrons. The minimum absolute atomic E-state index is 0.184. The van der Waals surface area contributed by atoms with Gasteiger partial charge in [-0.15, -0.1) is 5.10 Å². The fourth-order valence-corrected chi connectivity index (χ4v) is 4.29. The molecule has 2 fully saturated rings. The van der Waals surface area contributed by atoms with Crippen LogP contribution < -0.4 is 5.32 Å². The van der Waals surface area contributed by atoms with Crippen molar-refractivity contribution < 1.29 is 4.79 Å². The van der Waals surface area contributed by atoms with Crippen LogP contribution in [0.2, 0.25) is 0 Å². The van der Waals surface area contributed by atoms with Gasteiger partial charge < -0.3 is 5.32 Å². The maximum Gasteiger partial charge on any atom is 0.291 e. The van der Waals surface area contributed by atoms with Crippen molar-refractivity contribution in [3.05, 3.63) is 23.8 Å². The predicted molar refractivity (Wildman–Crippen MR) is 81.4 cm³/mol. The molecular formula is C16H21N5O. The number of hydrogen-bond acceptors (Lipinski definition) is 4. The number of aromatic nitrogens is 4. The third-order valence-electron chi connectivity index (χ3n) is 5.43. The number of nitrogens with one attached hydrogen (secondary N) is 1. The van der Waals surface area contributed by atoms with E-state index in [4.69, 9.17) is 0 Å². The summed E-state index contributed by atoms with van der Waals surface area (Å²) < 4.78 is 1.61. The van der Waals surface area contributed by atoms with Crippen molar-refractivity contribution in [2.24, 2.45) is 17.8 Å². The maximum atomic E-state index is 12.4. The Morgan fingerprint density at radius 3 is 2.95 bits per heavy atom. The largest absolute Gasteiger partial charge is 0.347 e. The Bertz CT molecular complexity index is 724. The second kappa shape index (κ2) is 5.04. The SMILES string of the molecule is Cc1ccnc2nc(C(=O)N[C@@H](C)[C@H]3C[C@@H]4CC[C@@H]3C4)nn12. The summed E-state index contributed by atoms with van der Waals surface area (Å²) in [6, 6.07) is 2.03. The number of fused-ring (bicyclic) bond motifs is 3. The number of nitrogens with zero attached hydrogens (tertiary/aromatic N) is 4. The fourth-order valence-electron chi connectivity index (χ4n) is 4.29. The Hall–Kier alpha value is -1.98. The molecule has 2 bridgehead atoms. The highest BCUT2D eigenvalue weighted by Gasteiger charge is 2.42. The molecule has 22 heavy (non-hydrogen) atoms. The molecule has 0 spiro atoms. The zero-order valence-corrected chi connectivity index (χ0v) is 13.0. The van der Waals surface area contributed by atoms with Crippen molar-refractivity contribution in [3.63, 3.8) is 0 Å². The lowest BCUT2D eigenvalue weighted by Gasteiger charge is -2.28. The highest BCUT2D eigenvalue weighted by molar-refractivity contribution is 5.91. The van der Waals surface area contributed by atoms with Gasteiger partial charge in [-0.05, 0) is 56.9 Å². The van der Waals surface area contributed by atoms with Crippen LogP contribution >= 0.6 is 0 Å². The van der Waals surface area contributed by atoms with E-state index >= 15 is 0 Å². The first-order valence-electron chi connectivity index (χ1n) is 8.11. The van der Waals surface area contributed by atoms with Crippen LogP contribution in [0, 0.1) is 24.7 Å². The second-order valence-corrected chi connectivity index (χ2v) is 6.83. The Morgan fingerprint density at radius 2 is 2.27 bits per heavy atom. The fraction of sp³-hybridized carbons (Fsp3) is 0.625. The summed E-state index contributed by atoms with van der Waals surface area (Å²) in [5.41, 5.74) is 0.915. The summed E-state index contributed by atoms with van der Waals surface area (Å²) in [6.45, 7) is 4.03. The lowest BCUT2D eigenvalue weighted by molar-refractivity contribution is 0.0905. The zero-order valence-electron chi connectivity index (χ0n) is 13.0. The van der Waals surface area contributed by atoms with Crippen molar-refractivity contribution in [1.82, 2.24) is 24.9 Å². The molecule has 1 amide bonds. The van der Waals surface area contributed by atoms with Gasteiger partial charge in [0, 0.05) is 17.9 Å². The summed E-state index contributed by atoms with van der Waals surface area (Å²) in [5, 5.41) is 7.37. The molecule has 2 aromatic heterocycles. The molecule has 0 saturated heterocycles. The van der Waals surface area contributed by atoms with Crippen LogP contribution in [-0.2, 0) is 0 Å². The number of carbonyl (C=O) groups excluding carboxylic acids is 1. The minimum atomic E-state index is -0.194. The molecule has 116 valence electrons. The van der Waals surface area contributed by atoms with Crippen LogP contribution in [0.4, 0.5) is 0 Å². The molecule has 2 aliphatic rings. The first-order valence-corrected chi connectivity index (χ1v) is 8.11. The standard InChI is InChI=1S/C16H21N5O/c1-9-5-6-17-16-19-14(20-21(9)16)15(22)18-10(2)13-8-11-3-4-12(13)7-11/h5-6,10-13H,3-4,7-8H2,1-2H3,(H,18,22)/t10-,11+,12+,13+/m0/s1. The Labute approximate surface area is 129 Å². The van der Waals surface area contributed by atoms with Gasteiger partial charge in [-0.3, -0.25) is 4.79 Å². The van der Waals surface area contributed by atoms with E-state index in [-0.39, 0.29) is 17.8 Å². The number of rotatable bonds is 3. The molecule has 6 nitrogen and oxygen atoms in total. The van der Waals surface area contributed by atoms with Crippen LogP contribution in [0.25, 0.3) is 5.78 Å². The van der Waals surface area contributed by atoms with Crippen LogP contribution in [0.3, 0.4) is 0 Å². The minimum Gasteiger partial charge on any atom is -0.347 e. The van der Waals surface area contributed by atoms with Crippen LogP contribution in [0.1, 0.15) is 48.9 Å². The molecule has 4 rings (SSSR count). The molecule has 6 heteroatoms. The van der Waals surface area contributed by atoms with Gasteiger partial charge in [-0.1, -0.05) is 6.42 Å². The van der Waals surface area contributed by atoms with Gasteiger partial charge in [-0.2, -0.15) is 4.98 Å². The van der Waals surface area contributed by atoms with Gasteiger partial charge in [0.15, 0.2) is 0 Å². The molecule has 0 aromatic carbocycles. The normalized spacial score (nSPS) is 28.2. The molecule has 2 aromatic rings. The number of carbonyl (C=O) groups is 1. The third-order valence-corrected chi connectivity index (χ3v) is 5.43. The van der Waals surface area contributed by atoms with Gasteiger partial charge in [0.25, 0.3) is 11.7 Å². The number of aryl methyl sites for hydroxylation is 1. The molecular weight excluding hydrogens is 278 g/mol. The molecule has 2 heterocycles. The zero-order chi connectivity index (χ0) is 15.3. The predicted octanol–water partition coefficient (Wildman–Crippen LogP) is 1.99. The smallest absolute Gasteiger partial charge is 0.291 e. The van der Waals surface area contributed by atoms with Gasteiger partial charge in [0.2, 0.25) is 5.82 Å². The first-order chi connectivity index (χ1) is 10.6. The van der Waals surface area contributed by atoms with Gasteiger partial charge >= 0.3 is 0 Å². The van der Waals surface area contributed by atoms with Gasteiger partial charge in [0.1, 0.15) is 0 Å². The lowest BCUT2D eigenvalue weighted by Crippen LogP contribution is -2.40. The van der Waals surface area contributed by atoms with Crippen molar-refractivity contribution >= 4 is 11.7 Å². The van der Waals surface area contributed by atoms with E-state index in [1.807, 2.05) is 13.0 Å². The average molecular weight is 299 g/mol. The molecule has 4 atom stereocenters. The van der Waals surface area contributed by atoms with E-state index in [0.29, 0.717) is 11.7 Å². The summed E-state index contributed by atoms with van der Waals surface area (Å²) >= 11 is 0. The van der Waals surface area contributed by atoms with Crippen molar-refractivity contribution in [2.45, 2.75) is 45.6 Å². The van der Waals surface area contributed by atoms with Gasteiger partial charge in [0.05, 0.1) is 0 Å². The van der Waals surface area contributed by atoms with E-state index in [2.05, 4.69) is 27.3 Å². The second-order valence-electron chi connectivity index (χ2n) is 6.83. The van der Waals surface area contributed by atoms with Gasteiger partial charge in [-0.25, -0.2) is 9.50 Å². The van der Waals surface area contributed by atoms with E-state index in [0.717, 1.165) is 17.5 Å². The topological polar surface area (TPSA) is 72.2 Å². The summed E-state index contributed by atoms with van der Waals surface area (Å²) in [6.07, 6.45) is 6.98. The van der Waals surface area contributed by atoms with Crippen molar-refractivity contribution in [1.29, 1.82) is 0 Å². The molecule has 0 unspecified atom stereocenters. The van der Waals surface area contributed by atoms with Crippen LogP contribution in [-0.4, -0.2) is 31.5 Å². The number of hydrogen-bond donors (Lipinski definition) is 1. The first kappa shape index (κ1) is 13.7. The van der Waals surface area contributed by atoms with E-state index in [9.17, 15) is 4.79 Å². The lowest BCUT2D eigenvalue weighted by atomic mass is 9.84. The molecule has 1 N–H and O–H groups in total. The third kappa shape index (κ3) is 2.17. The Morgan fingerprint density at radius 1 is 1.41 bits per heavy atom. The van der Waals surface area contributed by atoms with Crippen molar-refractivity contribution in [3.8, 4) is 0 Å². The van der Waals surface area contributed by atoms with E-state index in [1.54, 1.807) is 10.7 Å². The average Bonchev–Trinajstić information content (AvgIpc) is 3.22. The molecule has 2 aliphatic carbocycles. The van der Waals surface area contributed by atoms with Crippen molar-refractivity contribution in [2.75, 3.05) is 0 Å². The summed E-state index contributed by atoms with van der Waals surface area (Å²) in [5.74, 6) is 2.77. The summed E-state index contributed by atoms with van der Waals surface area (Å²) in [4.78, 5) is 20.8. The number of amides is 1. The van der Waals surface area contributed by atoms with Crippen LogP contribution in [0.5, 0.6) is 0 Å². The summed E-state index contributed by atoms with van der Waals surface area (Å²) in [7, 11) is 0. The maximum absolute atomic E-state index is 12.4. The molecule has 2 saturated carbocycles. The quantitative estimate of drug-likeness (QED) is 0.940.